The Morgan fingerprint density at radius 3 is 2.00 bits per heavy atom. The predicted octanol–water partition coefficient (Wildman–Crippen LogP) is 2.66. The summed E-state index contributed by atoms with van der Waals surface area (Å²) in [7, 11) is 0. The SMILES string of the molecule is O=C(O)c1cc2ccc1C(=O)OC(=O)c1c(F)c3c(F)c(F)c1C(=O)OC(=O)C23C(F)(F)F. The third-order valence-corrected chi connectivity index (χ3v) is 5.11. The van der Waals surface area contributed by atoms with Crippen LogP contribution in [-0.4, -0.2) is 41.1 Å². The zero-order chi connectivity index (χ0) is 24.6. The molecule has 0 fully saturated rings. The Morgan fingerprint density at radius 1 is 0.848 bits per heavy atom. The summed E-state index contributed by atoms with van der Waals surface area (Å²) in [4.78, 5) is 61.1. The molecule has 0 amide bonds. The number of hydrogen-bond donors (Lipinski definition) is 1. The van der Waals surface area contributed by atoms with E-state index in [1.54, 1.807) is 0 Å². The fourth-order valence-corrected chi connectivity index (χ4v) is 3.69. The zero-order valence-electron chi connectivity index (χ0n) is 15.3. The van der Waals surface area contributed by atoms with Crippen LogP contribution in [0.25, 0.3) is 0 Å². The van der Waals surface area contributed by atoms with Crippen molar-refractivity contribution in [2.24, 2.45) is 0 Å². The molecule has 0 aromatic heterocycles. The van der Waals surface area contributed by atoms with E-state index < -0.39 is 92.3 Å². The maximum Gasteiger partial charge on any atom is 0.413 e. The second kappa shape index (κ2) is 6.63. The lowest BCUT2D eigenvalue weighted by Gasteiger charge is -2.36. The number of aromatic carboxylic acids is 1. The summed E-state index contributed by atoms with van der Waals surface area (Å²) in [6.45, 7) is 0. The molecule has 0 saturated heterocycles. The average Bonchev–Trinajstić information content (AvgIpc) is 2.71. The third kappa shape index (κ3) is 2.63. The average molecular weight is 474 g/mol. The Morgan fingerprint density at radius 2 is 1.42 bits per heavy atom. The number of ether oxygens (including phenoxy) is 2. The predicted molar refractivity (Wildman–Crippen MR) is 86.7 cm³/mol. The fraction of sp³-hybridized carbons (Fsp3) is 0.105. The molecule has 1 atom stereocenters. The number of esters is 4. The lowest BCUT2D eigenvalue weighted by Crippen LogP contribution is -2.54. The highest BCUT2D eigenvalue weighted by Gasteiger charge is 2.68. The van der Waals surface area contributed by atoms with E-state index >= 15 is 4.39 Å². The molecule has 170 valence electrons. The van der Waals surface area contributed by atoms with E-state index in [1.807, 2.05) is 0 Å². The van der Waals surface area contributed by atoms with Crippen molar-refractivity contribution in [1.82, 2.24) is 0 Å². The zero-order valence-corrected chi connectivity index (χ0v) is 15.3. The van der Waals surface area contributed by atoms with Crippen LogP contribution >= 0.6 is 0 Å². The monoisotopic (exact) mass is 474 g/mol. The standard InChI is InChI=1S/C19H4F6O8/c20-10-7-8-11(21)12(22)9(10)18(19(23,24)25,17(31)33-16(8)30)4-1-2-5(6(3-4)13(26)27)14(28)32-15(7)29/h1-3H,(H,26,27). The van der Waals surface area contributed by atoms with Crippen molar-refractivity contribution >= 4 is 29.8 Å². The van der Waals surface area contributed by atoms with E-state index in [-0.39, 0.29) is 12.1 Å². The summed E-state index contributed by atoms with van der Waals surface area (Å²) in [5.74, 6) is -18.9. The third-order valence-electron chi connectivity index (χ3n) is 5.11. The summed E-state index contributed by atoms with van der Waals surface area (Å²) in [5, 5.41) is 9.33. The Labute approximate surface area is 176 Å². The van der Waals surface area contributed by atoms with E-state index in [2.05, 4.69) is 9.47 Å². The largest absolute Gasteiger partial charge is 0.478 e. The molecule has 2 aromatic rings. The summed E-state index contributed by atoms with van der Waals surface area (Å²) in [5.41, 5.74) is -14.8. The lowest BCUT2D eigenvalue weighted by molar-refractivity contribution is -0.197. The lowest BCUT2D eigenvalue weighted by atomic mass is 9.71. The molecular weight excluding hydrogens is 470 g/mol. The molecule has 33 heavy (non-hydrogen) atoms. The molecule has 4 heterocycles. The molecule has 1 unspecified atom stereocenters. The van der Waals surface area contributed by atoms with Crippen LogP contribution in [0.1, 0.15) is 52.6 Å². The van der Waals surface area contributed by atoms with Gasteiger partial charge in [0.1, 0.15) is 16.9 Å². The number of carbonyl (C=O) groups is 5. The molecule has 0 saturated carbocycles. The second-order valence-electron chi connectivity index (χ2n) is 6.73. The van der Waals surface area contributed by atoms with Crippen LogP contribution in [-0.2, 0) is 19.7 Å². The minimum atomic E-state index is -6.10. The molecule has 6 rings (SSSR count). The van der Waals surface area contributed by atoms with Gasteiger partial charge in [-0.15, -0.1) is 0 Å². The number of carboxylic acids is 1. The minimum absolute atomic E-state index is 0.0416. The first-order valence-electron chi connectivity index (χ1n) is 8.43. The Hall–Kier alpha value is -4.23. The van der Waals surface area contributed by atoms with Gasteiger partial charge in [-0.1, -0.05) is 6.07 Å². The maximum atomic E-state index is 15.3. The van der Waals surface area contributed by atoms with Crippen molar-refractivity contribution in [3.63, 3.8) is 0 Å². The van der Waals surface area contributed by atoms with Crippen molar-refractivity contribution in [2.45, 2.75) is 11.6 Å². The van der Waals surface area contributed by atoms with Crippen molar-refractivity contribution in [1.29, 1.82) is 0 Å². The van der Waals surface area contributed by atoms with Crippen LogP contribution in [0.3, 0.4) is 0 Å². The van der Waals surface area contributed by atoms with Crippen LogP contribution in [0.2, 0.25) is 0 Å². The quantitative estimate of drug-likeness (QED) is 0.290. The summed E-state index contributed by atoms with van der Waals surface area (Å²) < 4.78 is 96.6. The van der Waals surface area contributed by atoms with E-state index in [4.69, 9.17) is 0 Å². The molecule has 4 aliphatic rings. The van der Waals surface area contributed by atoms with Gasteiger partial charge in [-0.25, -0.2) is 37.1 Å². The fourth-order valence-electron chi connectivity index (χ4n) is 3.69. The highest BCUT2D eigenvalue weighted by molar-refractivity contribution is 6.14. The Bertz CT molecular complexity index is 1350. The van der Waals surface area contributed by atoms with Crippen LogP contribution in [0.5, 0.6) is 0 Å². The smallest absolute Gasteiger partial charge is 0.413 e. The number of alkyl halides is 3. The normalized spacial score (nSPS) is 19.7. The first-order valence-corrected chi connectivity index (χ1v) is 8.43. The highest BCUT2D eigenvalue weighted by Crippen LogP contribution is 2.52. The number of hydrogen-bond acceptors (Lipinski definition) is 7. The molecule has 0 radical (unpaired) electrons. The van der Waals surface area contributed by atoms with Gasteiger partial charge in [-0.2, -0.15) is 13.2 Å². The van der Waals surface area contributed by atoms with Gasteiger partial charge >= 0.3 is 36.0 Å². The molecule has 6 bridgehead atoms. The van der Waals surface area contributed by atoms with Crippen LogP contribution in [0, 0.1) is 17.5 Å². The van der Waals surface area contributed by atoms with E-state index in [0.29, 0.717) is 6.07 Å². The van der Waals surface area contributed by atoms with Gasteiger partial charge in [0.15, 0.2) is 11.6 Å². The summed E-state index contributed by atoms with van der Waals surface area (Å²) >= 11 is 0. The Balaban J connectivity index is 2.38. The topological polar surface area (TPSA) is 124 Å². The van der Waals surface area contributed by atoms with Gasteiger partial charge in [0.25, 0.3) is 0 Å². The summed E-state index contributed by atoms with van der Waals surface area (Å²) in [6, 6.07) is 0.687. The van der Waals surface area contributed by atoms with Crippen molar-refractivity contribution in [2.75, 3.05) is 0 Å². The molecule has 8 nitrogen and oxygen atoms in total. The molecule has 4 aliphatic heterocycles. The molecule has 14 heteroatoms. The molecule has 0 spiro atoms. The number of carboxylic acid groups (broad SMARTS) is 1. The molecular formula is C19H4F6O8. The first-order chi connectivity index (χ1) is 15.2. The number of halogens is 6. The first kappa shape index (κ1) is 22.0. The second-order valence-corrected chi connectivity index (χ2v) is 6.73. The van der Waals surface area contributed by atoms with Gasteiger partial charge in [0.2, 0.25) is 5.41 Å². The van der Waals surface area contributed by atoms with Crippen LogP contribution < -0.4 is 0 Å². The van der Waals surface area contributed by atoms with E-state index in [1.165, 1.54) is 0 Å². The van der Waals surface area contributed by atoms with Gasteiger partial charge in [0.05, 0.1) is 16.7 Å². The van der Waals surface area contributed by atoms with Crippen LogP contribution in [0.4, 0.5) is 26.3 Å². The van der Waals surface area contributed by atoms with Gasteiger partial charge in [0, 0.05) is 0 Å². The van der Waals surface area contributed by atoms with Crippen molar-refractivity contribution in [3.05, 3.63) is 69.0 Å². The number of benzene rings is 2. The summed E-state index contributed by atoms with van der Waals surface area (Å²) in [6.07, 6.45) is -6.10. The minimum Gasteiger partial charge on any atom is -0.478 e. The van der Waals surface area contributed by atoms with Crippen molar-refractivity contribution < 1.29 is 64.9 Å². The van der Waals surface area contributed by atoms with E-state index in [9.17, 15) is 51.0 Å². The number of fused-ring (bicyclic) bond motifs is 7. The van der Waals surface area contributed by atoms with Gasteiger partial charge < -0.3 is 14.6 Å². The Kier molecular flexibility index (Phi) is 4.42. The number of rotatable bonds is 1. The number of carbonyl (C=O) groups excluding carboxylic acids is 4. The highest BCUT2D eigenvalue weighted by atomic mass is 19.4. The van der Waals surface area contributed by atoms with Gasteiger partial charge in [-0.3, -0.25) is 0 Å². The molecule has 1 N–H and O–H groups in total. The molecule has 2 aromatic carbocycles. The molecule has 0 aliphatic carbocycles. The van der Waals surface area contributed by atoms with Crippen LogP contribution in [0.15, 0.2) is 18.2 Å². The van der Waals surface area contributed by atoms with Gasteiger partial charge in [-0.05, 0) is 17.7 Å². The van der Waals surface area contributed by atoms with E-state index in [0.717, 1.165) is 0 Å². The maximum absolute atomic E-state index is 15.3. The van der Waals surface area contributed by atoms with Crippen molar-refractivity contribution in [3.8, 4) is 0 Å².